The van der Waals surface area contributed by atoms with Crippen molar-refractivity contribution in [2.24, 2.45) is 20.0 Å². The van der Waals surface area contributed by atoms with E-state index in [0.717, 1.165) is 15.7 Å². The largest absolute Gasteiger partial charge is 0.481 e. The van der Waals surface area contributed by atoms with Crippen LogP contribution in [0.1, 0.15) is 19.8 Å². The zero-order chi connectivity index (χ0) is 14.6. The number of rotatable bonds is 6. The van der Waals surface area contributed by atoms with E-state index in [4.69, 9.17) is 5.11 Å². The van der Waals surface area contributed by atoms with Crippen LogP contribution in [-0.2, 0) is 18.9 Å². The minimum atomic E-state index is -0.920. The molecule has 0 radical (unpaired) electrons. The van der Waals surface area contributed by atoms with Gasteiger partial charge in [-0.1, -0.05) is 13.3 Å². The van der Waals surface area contributed by atoms with Gasteiger partial charge in [0.15, 0.2) is 0 Å². The molecule has 0 aliphatic carbocycles. The molecule has 0 aliphatic rings. The lowest BCUT2D eigenvalue weighted by Gasteiger charge is -2.13. The van der Waals surface area contributed by atoms with Crippen molar-refractivity contribution < 1.29 is 9.90 Å². The Kier molecular flexibility index (Phi) is 4.85. The first kappa shape index (κ1) is 14.9. The molecule has 19 heavy (non-hydrogen) atoms. The highest BCUT2D eigenvalue weighted by Gasteiger charge is 2.17. The molecule has 2 N–H and O–H groups in total. The van der Waals surface area contributed by atoms with Gasteiger partial charge in [-0.25, -0.2) is 9.48 Å². The lowest BCUT2D eigenvalue weighted by atomic mass is 10.0. The molecule has 1 atom stereocenters. The number of carboxylic acids is 1. The standard InChI is InChI=1S/C11H18N4O4/c1-4-5-7(10(17)18)6-12-8-9(16)14(2)11(19)15(3)13-8/h7H,4-6H2,1-3H3,(H,12,13)(H,17,18). The molecule has 0 spiro atoms. The average molecular weight is 270 g/mol. The van der Waals surface area contributed by atoms with Crippen LogP contribution in [0.25, 0.3) is 0 Å². The molecule has 0 fully saturated rings. The van der Waals surface area contributed by atoms with Gasteiger partial charge in [0.1, 0.15) is 0 Å². The van der Waals surface area contributed by atoms with Gasteiger partial charge in [-0.05, 0) is 6.42 Å². The Balaban J connectivity index is 2.92. The molecule has 1 unspecified atom stereocenters. The molecule has 1 heterocycles. The van der Waals surface area contributed by atoms with Crippen LogP contribution in [0, 0.1) is 5.92 Å². The first-order valence-electron chi connectivity index (χ1n) is 5.99. The Labute approximate surface area is 109 Å². The van der Waals surface area contributed by atoms with Crippen molar-refractivity contribution in [1.29, 1.82) is 0 Å². The minimum absolute atomic E-state index is 0.0213. The van der Waals surface area contributed by atoms with Crippen molar-refractivity contribution in [3.05, 3.63) is 20.8 Å². The van der Waals surface area contributed by atoms with Crippen molar-refractivity contribution in [2.75, 3.05) is 11.9 Å². The fraction of sp³-hybridized carbons (Fsp3) is 0.636. The second-order valence-corrected chi connectivity index (χ2v) is 4.32. The van der Waals surface area contributed by atoms with Crippen LogP contribution < -0.4 is 16.6 Å². The number of hydrogen-bond donors (Lipinski definition) is 2. The molecule has 0 amide bonds. The summed E-state index contributed by atoms with van der Waals surface area (Å²) in [5.74, 6) is -1.53. The molecule has 8 nitrogen and oxygen atoms in total. The third-order valence-electron chi connectivity index (χ3n) is 2.82. The number of anilines is 1. The van der Waals surface area contributed by atoms with E-state index in [-0.39, 0.29) is 12.4 Å². The minimum Gasteiger partial charge on any atom is -0.481 e. The summed E-state index contributed by atoms with van der Waals surface area (Å²) >= 11 is 0. The van der Waals surface area contributed by atoms with E-state index in [9.17, 15) is 14.4 Å². The van der Waals surface area contributed by atoms with Crippen LogP contribution >= 0.6 is 0 Å². The Hall–Kier alpha value is -2.12. The summed E-state index contributed by atoms with van der Waals surface area (Å²) in [5, 5.41) is 15.5. The number of carbonyl (C=O) groups is 1. The number of aromatic nitrogens is 3. The fourth-order valence-electron chi connectivity index (χ4n) is 1.69. The van der Waals surface area contributed by atoms with Gasteiger partial charge in [0.05, 0.1) is 5.92 Å². The Morgan fingerprint density at radius 3 is 2.58 bits per heavy atom. The predicted octanol–water partition coefficient (Wildman–Crippen LogP) is -0.608. The van der Waals surface area contributed by atoms with E-state index < -0.39 is 23.1 Å². The summed E-state index contributed by atoms with van der Waals surface area (Å²) in [6.45, 7) is 1.99. The number of hydrogen-bond acceptors (Lipinski definition) is 5. The number of aliphatic carboxylic acids is 1. The summed E-state index contributed by atoms with van der Waals surface area (Å²) in [6.07, 6.45) is 1.24. The maximum atomic E-state index is 11.8. The van der Waals surface area contributed by atoms with Crippen LogP contribution in [0.3, 0.4) is 0 Å². The molecule has 0 saturated carbocycles. The van der Waals surface area contributed by atoms with Crippen LogP contribution in [0.4, 0.5) is 5.82 Å². The maximum Gasteiger partial charge on any atom is 0.346 e. The number of nitrogens with zero attached hydrogens (tertiary/aromatic N) is 3. The summed E-state index contributed by atoms with van der Waals surface area (Å²) in [7, 11) is 2.77. The van der Waals surface area contributed by atoms with E-state index in [1.54, 1.807) is 0 Å². The van der Waals surface area contributed by atoms with Crippen LogP contribution in [0.2, 0.25) is 0 Å². The van der Waals surface area contributed by atoms with Gasteiger partial charge in [-0.3, -0.25) is 14.2 Å². The Morgan fingerprint density at radius 2 is 2.05 bits per heavy atom. The molecule has 1 aromatic rings. The highest BCUT2D eigenvalue weighted by atomic mass is 16.4. The maximum absolute atomic E-state index is 11.8. The smallest absolute Gasteiger partial charge is 0.346 e. The quantitative estimate of drug-likeness (QED) is 0.714. The van der Waals surface area contributed by atoms with Crippen molar-refractivity contribution >= 4 is 11.8 Å². The van der Waals surface area contributed by atoms with E-state index in [1.165, 1.54) is 14.1 Å². The monoisotopic (exact) mass is 270 g/mol. The summed E-state index contributed by atoms with van der Waals surface area (Å²) < 4.78 is 1.95. The third kappa shape index (κ3) is 3.43. The number of carboxylic acid groups (broad SMARTS) is 1. The molecule has 106 valence electrons. The zero-order valence-electron chi connectivity index (χ0n) is 11.2. The summed E-state index contributed by atoms with van der Waals surface area (Å²) in [6, 6.07) is 0. The van der Waals surface area contributed by atoms with Crippen molar-refractivity contribution in [1.82, 2.24) is 14.3 Å². The van der Waals surface area contributed by atoms with E-state index in [1.807, 2.05) is 6.92 Å². The highest BCUT2D eigenvalue weighted by Crippen LogP contribution is 2.07. The highest BCUT2D eigenvalue weighted by molar-refractivity contribution is 5.70. The molecule has 8 heteroatoms. The second kappa shape index (κ2) is 6.17. The van der Waals surface area contributed by atoms with Gasteiger partial charge in [0.2, 0.25) is 5.82 Å². The Bertz CT molecular complexity index is 575. The number of nitrogens with one attached hydrogen (secondary N) is 1. The summed E-state index contributed by atoms with van der Waals surface area (Å²) in [5.41, 5.74) is -1.09. The molecule has 1 aromatic heterocycles. The van der Waals surface area contributed by atoms with Crippen LogP contribution in [-0.4, -0.2) is 32.0 Å². The van der Waals surface area contributed by atoms with Gasteiger partial charge < -0.3 is 10.4 Å². The molecule has 1 rings (SSSR count). The second-order valence-electron chi connectivity index (χ2n) is 4.32. The average Bonchev–Trinajstić information content (AvgIpc) is 2.37. The van der Waals surface area contributed by atoms with Crippen LogP contribution in [0.15, 0.2) is 9.59 Å². The van der Waals surface area contributed by atoms with Crippen LogP contribution in [0.5, 0.6) is 0 Å². The first-order valence-corrected chi connectivity index (χ1v) is 5.99. The summed E-state index contributed by atoms with van der Waals surface area (Å²) in [4.78, 5) is 34.2. The topological polar surface area (TPSA) is 106 Å². The molecular formula is C11H18N4O4. The lowest BCUT2D eigenvalue weighted by Crippen LogP contribution is -2.40. The molecule has 0 aromatic carbocycles. The Morgan fingerprint density at radius 1 is 1.42 bits per heavy atom. The van der Waals surface area contributed by atoms with E-state index in [2.05, 4.69) is 10.4 Å². The van der Waals surface area contributed by atoms with E-state index in [0.29, 0.717) is 6.42 Å². The van der Waals surface area contributed by atoms with Crippen molar-refractivity contribution in [3.63, 3.8) is 0 Å². The van der Waals surface area contributed by atoms with Gasteiger partial charge in [-0.2, -0.15) is 0 Å². The van der Waals surface area contributed by atoms with Crippen molar-refractivity contribution in [2.45, 2.75) is 19.8 Å². The first-order chi connectivity index (χ1) is 8.88. The lowest BCUT2D eigenvalue weighted by molar-refractivity contribution is -0.141. The third-order valence-corrected chi connectivity index (χ3v) is 2.82. The van der Waals surface area contributed by atoms with Crippen molar-refractivity contribution in [3.8, 4) is 0 Å². The molecule has 0 bridgehead atoms. The molecular weight excluding hydrogens is 252 g/mol. The molecule has 0 aliphatic heterocycles. The zero-order valence-corrected chi connectivity index (χ0v) is 11.2. The van der Waals surface area contributed by atoms with Gasteiger partial charge in [-0.15, -0.1) is 5.10 Å². The fourth-order valence-corrected chi connectivity index (χ4v) is 1.69. The normalized spacial score (nSPS) is 12.2. The predicted molar refractivity (Wildman–Crippen MR) is 69.2 cm³/mol. The van der Waals surface area contributed by atoms with Gasteiger partial charge in [0.25, 0.3) is 5.56 Å². The van der Waals surface area contributed by atoms with E-state index >= 15 is 0 Å². The number of aryl methyl sites for hydroxylation is 1. The van der Waals surface area contributed by atoms with Gasteiger partial charge >= 0.3 is 11.7 Å². The van der Waals surface area contributed by atoms with Gasteiger partial charge in [0, 0.05) is 20.6 Å². The molecule has 0 saturated heterocycles. The SMILES string of the molecule is CCCC(CNc1nn(C)c(=O)n(C)c1=O)C(=O)O.